The number of benzene rings is 1. The minimum atomic E-state index is -0.732. The minimum Gasteiger partial charge on any atom is -0.497 e. The van der Waals surface area contributed by atoms with Crippen LogP contribution in [0.5, 0.6) is 11.5 Å². The van der Waals surface area contributed by atoms with Gasteiger partial charge < -0.3 is 24.3 Å². The van der Waals surface area contributed by atoms with Crippen molar-refractivity contribution in [1.29, 1.82) is 0 Å². The predicted molar refractivity (Wildman–Crippen MR) is 92.1 cm³/mol. The molecule has 25 heavy (non-hydrogen) atoms. The fourth-order valence-electron chi connectivity index (χ4n) is 2.31. The molecule has 1 unspecified atom stereocenters. The second-order valence-corrected chi connectivity index (χ2v) is 5.53. The Balaban J connectivity index is 1.59. The van der Waals surface area contributed by atoms with Crippen molar-refractivity contribution in [3.63, 3.8) is 0 Å². The standard InChI is InChI=1S/C17H20N4O4/c1-10-19-16(15-17(20-10)25-11(2)21-15)18-8-12(22)9-24-14-6-4-5-13(7-14)23-3/h4-7,12,22H,8-9H2,1-3H3,(H,18,19,20). The summed E-state index contributed by atoms with van der Waals surface area (Å²) in [6, 6.07) is 7.22. The summed E-state index contributed by atoms with van der Waals surface area (Å²) in [5.74, 6) is 2.93. The highest BCUT2D eigenvalue weighted by molar-refractivity contribution is 5.81. The SMILES string of the molecule is COc1cccc(OCC(O)CNc2nc(C)nc3oc(C)nc23)c1. The van der Waals surface area contributed by atoms with E-state index in [4.69, 9.17) is 13.9 Å². The maximum absolute atomic E-state index is 10.1. The Morgan fingerprint density at radius 1 is 1.20 bits per heavy atom. The highest BCUT2D eigenvalue weighted by Gasteiger charge is 2.13. The van der Waals surface area contributed by atoms with Crippen molar-refractivity contribution in [3.05, 3.63) is 36.0 Å². The van der Waals surface area contributed by atoms with Gasteiger partial charge in [0.1, 0.15) is 30.0 Å². The van der Waals surface area contributed by atoms with Crippen LogP contribution in [0.1, 0.15) is 11.7 Å². The summed E-state index contributed by atoms with van der Waals surface area (Å²) in [7, 11) is 1.59. The number of methoxy groups -OCH3 is 1. The van der Waals surface area contributed by atoms with E-state index in [1.807, 2.05) is 12.1 Å². The number of rotatable bonds is 7. The van der Waals surface area contributed by atoms with E-state index in [0.717, 1.165) is 0 Å². The number of aromatic nitrogens is 3. The van der Waals surface area contributed by atoms with E-state index in [1.165, 1.54) is 0 Å². The smallest absolute Gasteiger partial charge is 0.252 e. The lowest BCUT2D eigenvalue weighted by molar-refractivity contribution is 0.117. The Morgan fingerprint density at radius 2 is 2.00 bits per heavy atom. The first kappa shape index (κ1) is 17.0. The number of anilines is 1. The molecule has 3 aromatic rings. The zero-order valence-corrected chi connectivity index (χ0v) is 14.3. The Morgan fingerprint density at radius 3 is 2.80 bits per heavy atom. The molecule has 0 fully saturated rings. The molecule has 0 saturated carbocycles. The van der Waals surface area contributed by atoms with E-state index in [1.54, 1.807) is 33.1 Å². The largest absolute Gasteiger partial charge is 0.497 e. The van der Waals surface area contributed by atoms with Crippen molar-refractivity contribution < 1.29 is 19.0 Å². The van der Waals surface area contributed by atoms with E-state index >= 15 is 0 Å². The van der Waals surface area contributed by atoms with Crippen LogP contribution < -0.4 is 14.8 Å². The van der Waals surface area contributed by atoms with Gasteiger partial charge in [-0.15, -0.1) is 0 Å². The van der Waals surface area contributed by atoms with Crippen LogP contribution in [0.25, 0.3) is 11.2 Å². The Kier molecular flexibility index (Phi) is 4.99. The summed E-state index contributed by atoms with van der Waals surface area (Å²) in [4.78, 5) is 12.8. The topological polar surface area (TPSA) is 103 Å². The van der Waals surface area contributed by atoms with E-state index in [0.29, 0.717) is 40.3 Å². The number of fused-ring (bicyclic) bond motifs is 1. The summed E-state index contributed by atoms with van der Waals surface area (Å²) >= 11 is 0. The van der Waals surface area contributed by atoms with Crippen LogP contribution in [0.15, 0.2) is 28.7 Å². The summed E-state index contributed by atoms with van der Waals surface area (Å²) in [5, 5.41) is 13.2. The first-order valence-electron chi connectivity index (χ1n) is 7.85. The molecule has 0 aliphatic carbocycles. The van der Waals surface area contributed by atoms with E-state index in [2.05, 4.69) is 20.3 Å². The van der Waals surface area contributed by atoms with Crippen molar-refractivity contribution in [3.8, 4) is 11.5 Å². The van der Waals surface area contributed by atoms with Crippen LogP contribution in [0.4, 0.5) is 5.82 Å². The van der Waals surface area contributed by atoms with Crippen LogP contribution in [-0.4, -0.2) is 46.4 Å². The summed E-state index contributed by atoms with van der Waals surface area (Å²) in [5.41, 5.74) is 0.971. The summed E-state index contributed by atoms with van der Waals surface area (Å²) in [6.45, 7) is 3.90. The number of aliphatic hydroxyl groups excluding tert-OH is 1. The van der Waals surface area contributed by atoms with Crippen LogP contribution in [0.2, 0.25) is 0 Å². The van der Waals surface area contributed by atoms with Crippen molar-refractivity contribution in [1.82, 2.24) is 15.0 Å². The number of nitrogens with one attached hydrogen (secondary N) is 1. The van der Waals surface area contributed by atoms with Crippen LogP contribution in [0, 0.1) is 13.8 Å². The lowest BCUT2D eigenvalue weighted by atomic mass is 10.3. The normalized spacial score (nSPS) is 12.2. The average molecular weight is 344 g/mol. The van der Waals surface area contributed by atoms with Gasteiger partial charge in [0.05, 0.1) is 7.11 Å². The Hall–Kier alpha value is -2.87. The van der Waals surface area contributed by atoms with Gasteiger partial charge in [-0.05, 0) is 19.1 Å². The maximum atomic E-state index is 10.1. The van der Waals surface area contributed by atoms with Gasteiger partial charge in [0.15, 0.2) is 17.2 Å². The van der Waals surface area contributed by atoms with Crippen LogP contribution in [-0.2, 0) is 0 Å². The third-order valence-corrected chi connectivity index (χ3v) is 3.47. The first-order valence-corrected chi connectivity index (χ1v) is 7.85. The second-order valence-electron chi connectivity index (χ2n) is 5.53. The van der Waals surface area contributed by atoms with Crippen LogP contribution in [0.3, 0.4) is 0 Å². The number of aryl methyl sites for hydroxylation is 2. The predicted octanol–water partition coefficient (Wildman–Crippen LogP) is 2.10. The molecule has 2 aromatic heterocycles. The Bertz CT molecular complexity index is 865. The quantitative estimate of drug-likeness (QED) is 0.672. The molecular formula is C17H20N4O4. The van der Waals surface area contributed by atoms with Crippen molar-refractivity contribution in [2.75, 3.05) is 25.6 Å². The molecule has 0 bridgehead atoms. The number of oxazole rings is 1. The fourth-order valence-corrected chi connectivity index (χ4v) is 2.31. The zero-order valence-electron chi connectivity index (χ0n) is 14.3. The molecule has 1 atom stereocenters. The number of aliphatic hydroxyl groups is 1. The van der Waals surface area contributed by atoms with Crippen LogP contribution >= 0.6 is 0 Å². The number of ether oxygens (including phenoxy) is 2. The molecule has 0 saturated heterocycles. The van der Waals surface area contributed by atoms with Crippen molar-refractivity contribution in [2.45, 2.75) is 20.0 Å². The van der Waals surface area contributed by atoms with E-state index < -0.39 is 6.10 Å². The highest BCUT2D eigenvalue weighted by Crippen LogP contribution is 2.21. The van der Waals surface area contributed by atoms with Gasteiger partial charge in [-0.25, -0.2) is 9.97 Å². The fraction of sp³-hybridized carbons (Fsp3) is 0.353. The molecule has 132 valence electrons. The van der Waals surface area contributed by atoms with Gasteiger partial charge in [0, 0.05) is 19.5 Å². The molecule has 8 heteroatoms. The molecule has 1 aromatic carbocycles. The molecule has 0 aliphatic rings. The molecule has 0 spiro atoms. The lowest BCUT2D eigenvalue weighted by Crippen LogP contribution is -2.26. The number of hydrogen-bond acceptors (Lipinski definition) is 8. The molecule has 0 aliphatic heterocycles. The summed E-state index contributed by atoms with van der Waals surface area (Å²) < 4.78 is 16.1. The van der Waals surface area contributed by atoms with Gasteiger partial charge in [0.25, 0.3) is 5.71 Å². The van der Waals surface area contributed by atoms with Gasteiger partial charge in [0.2, 0.25) is 0 Å². The molecular weight excluding hydrogens is 324 g/mol. The molecule has 0 radical (unpaired) electrons. The molecule has 2 N–H and O–H groups in total. The number of nitrogens with zero attached hydrogens (tertiary/aromatic N) is 3. The van der Waals surface area contributed by atoms with Gasteiger partial charge in [-0.3, -0.25) is 0 Å². The molecule has 3 rings (SSSR count). The Labute approximate surface area is 144 Å². The maximum Gasteiger partial charge on any atom is 0.252 e. The average Bonchev–Trinajstić information content (AvgIpc) is 2.98. The molecule has 8 nitrogen and oxygen atoms in total. The zero-order chi connectivity index (χ0) is 17.8. The molecule has 0 amide bonds. The van der Waals surface area contributed by atoms with Gasteiger partial charge in [-0.1, -0.05) is 6.07 Å². The third-order valence-electron chi connectivity index (χ3n) is 3.47. The van der Waals surface area contributed by atoms with Crippen molar-refractivity contribution >= 4 is 17.0 Å². The monoisotopic (exact) mass is 344 g/mol. The highest BCUT2D eigenvalue weighted by atomic mass is 16.5. The first-order chi connectivity index (χ1) is 12.0. The lowest BCUT2D eigenvalue weighted by Gasteiger charge is -2.14. The van der Waals surface area contributed by atoms with E-state index in [9.17, 15) is 5.11 Å². The summed E-state index contributed by atoms with van der Waals surface area (Å²) in [6.07, 6.45) is -0.732. The van der Waals surface area contributed by atoms with Gasteiger partial charge >= 0.3 is 0 Å². The van der Waals surface area contributed by atoms with Gasteiger partial charge in [-0.2, -0.15) is 4.98 Å². The minimum absolute atomic E-state index is 0.130. The van der Waals surface area contributed by atoms with E-state index in [-0.39, 0.29) is 13.2 Å². The second kappa shape index (κ2) is 7.35. The number of hydrogen-bond donors (Lipinski definition) is 2. The third kappa shape index (κ3) is 4.16. The molecule has 2 heterocycles. The van der Waals surface area contributed by atoms with Crippen molar-refractivity contribution in [2.24, 2.45) is 0 Å².